The lowest BCUT2D eigenvalue weighted by atomic mass is 10.2. The van der Waals surface area contributed by atoms with E-state index in [-0.39, 0.29) is 17.4 Å². The van der Waals surface area contributed by atoms with E-state index in [0.29, 0.717) is 23.0 Å². The highest BCUT2D eigenvalue weighted by molar-refractivity contribution is 7.92. The van der Waals surface area contributed by atoms with E-state index in [0.717, 1.165) is 11.1 Å². The largest absolute Gasteiger partial charge is 0.484 e. The molecule has 3 aromatic rings. The first-order valence-corrected chi connectivity index (χ1v) is 11.0. The average Bonchev–Trinajstić information content (AvgIpc) is 2.71. The maximum atomic E-state index is 12.5. The molecule has 0 unspecified atom stereocenters. The van der Waals surface area contributed by atoms with Crippen LogP contribution in [0.1, 0.15) is 11.1 Å². The topological polar surface area (TPSA) is 84.5 Å². The number of ether oxygens (including phenoxy) is 1. The van der Waals surface area contributed by atoms with E-state index in [2.05, 4.69) is 10.0 Å². The van der Waals surface area contributed by atoms with Crippen LogP contribution in [0.2, 0.25) is 5.02 Å². The molecule has 1 amide bonds. The molecule has 0 fully saturated rings. The predicted octanol–water partition coefficient (Wildman–Crippen LogP) is 4.14. The van der Waals surface area contributed by atoms with Crippen LogP contribution in [0.5, 0.6) is 5.75 Å². The van der Waals surface area contributed by atoms with Gasteiger partial charge < -0.3 is 10.1 Å². The second kappa shape index (κ2) is 9.65. The van der Waals surface area contributed by atoms with Gasteiger partial charge in [0.1, 0.15) is 5.75 Å². The SMILES string of the molecule is Cc1cccc(NS(=O)(=O)c2ccc(OCC(=O)NCc3ccccc3Cl)cc2)c1. The van der Waals surface area contributed by atoms with Crippen molar-refractivity contribution in [2.45, 2.75) is 18.4 Å². The first-order chi connectivity index (χ1) is 14.3. The molecule has 2 N–H and O–H groups in total. The highest BCUT2D eigenvalue weighted by atomic mass is 35.5. The third kappa shape index (κ3) is 5.98. The van der Waals surface area contributed by atoms with Crippen LogP contribution in [0.3, 0.4) is 0 Å². The maximum absolute atomic E-state index is 12.5. The fraction of sp³-hybridized carbons (Fsp3) is 0.136. The number of sulfonamides is 1. The zero-order valence-corrected chi connectivity index (χ0v) is 17.8. The molecule has 6 nitrogen and oxygen atoms in total. The van der Waals surface area contributed by atoms with Gasteiger partial charge in [-0.05, 0) is 60.5 Å². The summed E-state index contributed by atoms with van der Waals surface area (Å²) >= 11 is 6.05. The van der Waals surface area contributed by atoms with E-state index in [1.165, 1.54) is 24.3 Å². The first kappa shape index (κ1) is 21.7. The molecule has 0 atom stereocenters. The van der Waals surface area contributed by atoms with Gasteiger partial charge in [0, 0.05) is 17.3 Å². The van der Waals surface area contributed by atoms with Crippen LogP contribution >= 0.6 is 11.6 Å². The second-order valence-electron chi connectivity index (χ2n) is 6.60. The number of nitrogens with one attached hydrogen (secondary N) is 2. The van der Waals surface area contributed by atoms with E-state index >= 15 is 0 Å². The molecule has 30 heavy (non-hydrogen) atoms. The number of amides is 1. The Morgan fingerprint density at radius 2 is 1.73 bits per heavy atom. The minimum Gasteiger partial charge on any atom is -0.484 e. The van der Waals surface area contributed by atoms with Gasteiger partial charge in [-0.1, -0.05) is 41.9 Å². The van der Waals surface area contributed by atoms with E-state index in [1.807, 2.05) is 31.2 Å². The molecule has 0 aromatic heterocycles. The Hall–Kier alpha value is -3.03. The van der Waals surface area contributed by atoms with Gasteiger partial charge in [0.15, 0.2) is 6.61 Å². The van der Waals surface area contributed by atoms with Crippen molar-refractivity contribution in [2.75, 3.05) is 11.3 Å². The molecule has 0 heterocycles. The molecule has 0 saturated carbocycles. The maximum Gasteiger partial charge on any atom is 0.261 e. The summed E-state index contributed by atoms with van der Waals surface area (Å²) in [6.45, 7) is 1.98. The van der Waals surface area contributed by atoms with Crippen LogP contribution < -0.4 is 14.8 Å². The van der Waals surface area contributed by atoms with Crippen LogP contribution in [0, 0.1) is 6.92 Å². The van der Waals surface area contributed by atoms with Crippen molar-refractivity contribution < 1.29 is 17.9 Å². The van der Waals surface area contributed by atoms with Gasteiger partial charge in [-0.2, -0.15) is 0 Å². The molecule has 156 valence electrons. The molecule has 0 aliphatic carbocycles. The molecule has 0 saturated heterocycles. The number of rotatable bonds is 8. The summed E-state index contributed by atoms with van der Waals surface area (Å²) < 4.78 is 33.0. The summed E-state index contributed by atoms with van der Waals surface area (Å²) in [6, 6.07) is 20.2. The predicted molar refractivity (Wildman–Crippen MR) is 117 cm³/mol. The molecule has 3 rings (SSSR count). The number of carbonyl (C=O) groups is 1. The number of benzene rings is 3. The summed E-state index contributed by atoms with van der Waals surface area (Å²) in [4.78, 5) is 12.1. The van der Waals surface area contributed by atoms with Gasteiger partial charge in [0.25, 0.3) is 15.9 Å². The van der Waals surface area contributed by atoms with Gasteiger partial charge >= 0.3 is 0 Å². The number of anilines is 1. The highest BCUT2D eigenvalue weighted by Crippen LogP contribution is 2.20. The van der Waals surface area contributed by atoms with E-state index in [9.17, 15) is 13.2 Å². The van der Waals surface area contributed by atoms with E-state index in [4.69, 9.17) is 16.3 Å². The molecule has 3 aromatic carbocycles. The quantitative estimate of drug-likeness (QED) is 0.546. The molecule has 0 aliphatic rings. The first-order valence-electron chi connectivity index (χ1n) is 9.16. The summed E-state index contributed by atoms with van der Waals surface area (Å²) in [5.74, 6) is 0.0742. The Labute approximate surface area is 180 Å². The minimum atomic E-state index is -3.72. The normalized spacial score (nSPS) is 11.0. The Morgan fingerprint density at radius 3 is 2.43 bits per heavy atom. The number of carbonyl (C=O) groups excluding carboxylic acids is 1. The van der Waals surface area contributed by atoms with Crippen LogP contribution in [-0.4, -0.2) is 20.9 Å². The van der Waals surface area contributed by atoms with Crippen LogP contribution in [0.15, 0.2) is 77.7 Å². The fourth-order valence-electron chi connectivity index (χ4n) is 2.67. The lowest BCUT2D eigenvalue weighted by Crippen LogP contribution is -2.28. The summed E-state index contributed by atoms with van der Waals surface area (Å²) in [7, 11) is -3.72. The molecule has 0 spiro atoms. The van der Waals surface area contributed by atoms with E-state index < -0.39 is 10.0 Å². The van der Waals surface area contributed by atoms with Crippen LogP contribution in [0.4, 0.5) is 5.69 Å². The number of hydrogen-bond acceptors (Lipinski definition) is 4. The van der Waals surface area contributed by atoms with Gasteiger partial charge in [-0.3, -0.25) is 9.52 Å². The smallest absolute Gasteiger partial charge is 0.261 e. The Morgan fingerprint density at radius 1 is 1.00 bits per heavy atom. The van der Waals surface area contributed by atoms with Crippen molar-refractivity contribution in [1.82, 2.24) is 5.32 Å². The Balaban J connectivity index is 1.54. The van der Waals surface area contributed by atoms with Crippen molar-refractivity contribution in [3.05, 3.63) is 88.9 Å². The molecule has 0 aliphatic heterocycles. The third-order valence-corrected chi connectivity index (χ3v) is 5.97. The van der Waals surface area contributed by atoms with Gasteiger partial charge in [-0.25, -0.2) is 8.42 Å². The third-order valence-electron chi connectivity index (χ3n) is 4.21. The Kier molecular flexibility index (Phi) is 6.97. The minimum absolute atomic E-state index is 0.0968. The van der Waals surface area contributed by atoms with Crippen molar-refractivity contribution in [2.24, 2.45) is 0 Å². The van der Waals surface area contributed by atoms with Crippen molar-refractivity contribution in [1.29, 1.82) is 0 Å². The van der Waals surface area contributed by atoms with Crippen molar-refractivity contribution in [3.63, 3.8) is 0 Å². The highest BCUT2D eigenvalue weighted by Gasteiger charge is 2.14. The lowest BCUT2D eigenvalue weighted by Gasteiger charge is -2.11. The zero-order valence-electron chi connectivity index (χ0n) is 16.3. The number of halogens is 1. The van der Waals surface area contributed by atoms with E-state index in [1.54, 1.807) is 24.3 Å². The molecule has 0 radical (unpaired) electrons. The molecule has 8 heteroatoms. The summed E-state index contributed by atoms with van der Waals surface area (Å²) in [5, 5.41) is 3.30. The van der Waals surface area contributed by atoms with Crippen LogP contribution in [0.25, 0.3) is 0 Å². The lowest BCUT2D eigenvalue weighted by molar-refractivity contribution is -0.123. The van der Waals surface area contributed by atoms with Gasteiger partial charge in [0.05, 0.1) is 4.90 Å². The number of hydrogen-bond donors (Lipinski definition) is 2. The monoisotopic (exact) mass is 444 g/mol. The Bertz CT molecular complexity index is 1130. The summed E-state index contributed by atoms with van der Waals surface area (Å²) in [5.41, 5.74) is 2.25. The number of aryl methyl sites for hydroxylation is 1. The van der Waals surface area contributed by atoms with Gasteiger partial charge in [0.2, 0.25) is 0 Å². The van der Waals surface area contributed by atoms with Gasteiger partial charge in [-0.15, -0.1) is 0 Å². The molecular weight excluding hydrogens is 424 g/mol. The fourth-order valence-corrected chi connectivity index (χ4v) is 3.93. The van der Waals surface area contributed by atoms with Crippen LogP contribution in [-0.2, 0) is 21.4 Å². The summed E-state index contributed by atoms with van der Waals surface area (Å²) in [6.07, 6.45) is 0. The zero-order chi connectivity index (χ0) is 21.6. The standard InChI is InChI=1S/C22H21ClN2O4S/c1-16-5-4-7-18(13-16)25-30(27,28)20-11-9-19(10-12-20)29-15-22(26)24-14-17-6-2-3-8-21(17)23/h2-13,25H,14-15H2,1H3,(H,24,26). The van der Waals surface area contributed by atoms with Crippen molar-refractivity contribution in [3.8, 4) is 5.75 Å². The van der Waals surface area contributed by atoms with Crippen molar-refractivity contribution >= 4 is 33.2 Å². The second-order valence-corrected chi connectivity index (χ2v) is 8.69. The average molecular weight is 445 g/mol. The molecule has 0 bridgehead atoms. The molecular formula is C22H21ClN2O4S.